The zero-order valence-electron chi connectivity index (χ0n) is 11.1. The van der Waals surface area contributed by atoms with Gasteiger partial charge in [-0.05, 0) is 57.3 Å². The maximum atomic E-state index is 12.7. The van der Waals surface area contributed by atoms with Crippen molar-refractivity contribution < 1.29 is 4.79 Å². The van der Waals surface area contributed by atoms with Crippen LogP contribution in [0.3, 0.4) is 0 Å². The Balaban J connectivity index is 1.85. The van der Waals surface area contributed by atoms with Crippen LogP contribution < -0.4 is 0 Å². The first kappa shape index (κ1) is 11.5. The summed E-state index contributed by atoms with van der Waals surface area (Å²) >= 11 is 6.12. The van der Waals surface area contributed by atoms with E-state index in [2.05, 4.69) is 24.3 Å². The molecule has 0 N–H and O–H groups in total. The van der Waals surface area contributed by atoms with Gasteiger partial charge in [0.2, 0.25) is 0 Å². The maximum Gasteiger partial charge on any atom is 0.156 e. The summed E-state index contributed by atoms with van der Waals surface area (Å²) in [7, 11) is 0. The van der Waals surface area contributed by atoms with E-state index in [9.17, 15) is 4.79 Å². The van der Waals surface area contributed by atoms with Gasteiger partial charge < -0.3 is 0 Å². The highest BCUT2D eigenvalue weighted by Gasteiger charge is 2.48. The Hall–Kier alpha value is -2.12. The van der Waals surface area contributed by atoms with Crippen LogP contribution in [0.1, 0.15) is 34.1 Å². The van der Waals surface area contributed by atoms with Crippen molar-refractivity contribution in [3.8, 4) is 0 Å². The van der Waals surface area contributed by atoms with Crippen LogP contribution in [0.25, 0.3) is 10.8 Å². The molecule has 0 radical (unpaired) electrons. The summed E-state index contributed by atoms with van der Waals surface area (Å²) < 4.78 is 0. The molecule has 0 saturated heterocycles. The van der Waals surface area contributed by atoms with E-state index in [0.717, 1.165) is 11.1 Å². The number of benzene rings is 3. The van der Waals surface area contributed by atoms with Gasteiger partial charge in [-0.25, -0.2) is 0 Å². The molecule has 0 spiro atoms. The lowest BCUT2D eigenvalue weighted by Gasteiger charge is -2.18. The van der Waals surface area contributed by atoms with Gasteiger partial charge in [0.1, 0.15) is 0 Å². The predicted molar refractivity (Wildman–Crippen MR) is 84.1 cm³/mol. The number of carbonyl (C=O) groups is 1. The third-order valence-electron chi connectivity index (χ3n) is 4.81. The van der Waals surface area contributed by atoms with Crippen molar-refractivity contribution in [2.75, 3.05) is 0 Å². The first-order chi connectivity index (χ1) is 10.2. The topological polar surface area (TPSA) is 17.1 Å². The second-order valence-corrected chi connectivity index (χ2v) is 6.31. The molecule has 0 fully saturated rings. The minimum absolute atomic E-state index is 0.0955. The average Bonchev–Trinajstić information content (AvgIpc) is 2.92. The van der Waals surface area contributed by atoms with Crippen LogP contribution in [0.5, 0.6) is 0 Å². The van der Waals surface area contributed by atoms with Gasteiger partial charge in [-0.15, -0.1) is 0 Å². The molecule has 21 heavy (non-hydrogen) atoms. The van der Waals surface area contributed by atoms with E-state index in [-0.39, 0.29) is 11.8 Å². The van der Waals surface area contributed by atoms with Gasteiger partial charge in [-0.2, -0.15) is 0 Å². The second kappa shape index (κ2) is 3.75. The molecule has 5 rings (SSSR count). The highest BCUT2D eigenvalue weighted by molar-refractivity contribution is 6.30. The van der Waals surface area contributed by atoms with E-state index in [0.29, 0.717) is 10.8 Å². The predicted octanol–water partition coefficient (Wildman–Crippen LogP) is 4.65. The van der Waals surface area contributed by atoms with Crippen molar-refractivity contribution >= 4 is 28.2 Å². The molecule has 2 atom stereocenters. The molecule has 0 unspecified atom stereocenters. The molecule has 2 aliphatic rings. The van der Waals surface area contributed by atoms with Gasteiger partial charge in [-0.3, -0.25) is 4.79 Å². The smallest absolute Gasteiger partial charge is 0.156 e. The van der Waals surface area contributed by atoms with E-state index < -0.39 is 0 Å². The summed E-state index contributed by atoms with van der Waals surface area (Å²) in [4.78, 5) is 12.7. The summed E-state index contributed by atoms with van der Waals surface area (Å²) in [5.41, 5.74) is 4.58. The molecule has 0 heterocycles. The van der Waals surface area contributed by atoms with Crippen LogP contribution in [-0.2, 0) is 4.79 Å². The molecule has 100 valence electrons. The van der Waals surface area contributed by atoms with Crippen molar-refractivity contribution in [3.63, 3.8) is 0 Å². The van der Waals surface area contributed by atoms with Crippen molar-refractivity contribution in [1.82, 2.24) is 0 Å². The van der Waals surface area contributed by atoms with Gasteiger partial charge in [-0.1, -0.05) is 41.9 Å². The van der Waals surface area contributed by atoms with E-state index in [1.165, 1.54) is 21.9 Å². The summed E-state index contributed by atoms with van der Waals surface area (Å²) in [6.45, 7) is 0. The van der Waals surface area contributed by atoms with Crippen molar-refractivity contribution in [3.05, 3.63) is 81.9 Å². The van der Waals surface area contributed by atoms with E-state index >= 15 is 0 Å². The van der Waals surface area contributed by atoms with Crippen LogP contribution in [-0.4, -0.2) is 5.78 Å². The number of hydrogen-bond donors (Lipinski definition) is 0. The fourth-order valence-electron chi connectivity index (χ4n) is 3.95. The fraction of sp³-hybridized carbons (Fsp3) is 0.105. The molecule has 0 amide bonds. The Morgan fingerprint density at radius 3 is 1.95 bits per heavy atom. The first-order valence-corrected chi connectivity index (χ1v) is 7.47. The van der Waals surface area contributed by atoms with Crippen LogP contribution in [0.4, 0.5) is 0 Å². The summed E-state index contributed by atoms with van der Waals surface area (Å²) in [6.07, 6.45) is 0. The molecule has 0 saturated carbocycles. The molecule has 2 heteroatoms. The molecule has 2 bridgehead atoms. The van der Waals surface area contributed by atoms with Gasteiger partial charge in [0.05, 0.1) is 11.8 Å². The SMILES string of the molecule is O=C1[C@@H]2c3cc(Cl)ccc3[C@H]1c1cc3ccccc3cc12. The second-order valence-electron chi connectivity index (χ2n) is 5.87. The van der Waals surface area contributed by atoms with Crippen LogP contribution in [0.15, 0.2) is 54.6 Å². The fourth-order valence-corrected chi connectivity index (χ4v) is 4.13. The van der Waals surface area contributed by atoms with Gasteiger partial charge in [0.25, 0.3) is 0 Å². The van der Waals surface area contributed by atoms with E-state index in [4.69, 9.17) is 11.6 Å². The number of ketones is 1. The lowest BCUT2D eigenvalue weighted by Crippen LogP contribution is -2.03. The Bertz CT molecular complexity index is 941. The van der Waals surface area contributed by atoms with Gasteiger partial charge in [0.15, 0.2) is 5.78 Å². The molecule has 3 aromatic carbocycles. The minimum Gasteiger partial charge on any atom is -0.298 e. The number of Topliss-reactive ketones (excluding diaryl/α,β-unsaturated/α-hetero) is 1. The van der Waals surface area contributed by atoms with Crippen molar-refractivity contribution in [2.45, 2.75) is 11.8 Å². The molecular formula is C19H11ClO. The van der Waals surface area contributed by atoms with Crippen LogP contribution >= 0.6 is 11.6 Å². The van der Waals surface area contributed by atoms with Crippen molar-refractivity contribution in [1.29, 1.82) is 0 Å². The third kappa shape index (κ3) is 1.35. The minimum atomic E-state index is -0.122. The summed E-state index contributed by atoms with van der Waals surface area (Å²) in [5.74, 6) is 0.0859. The van der Waals surface area contributed by atoms with Crippen molar-refractivity contribution in [2.24, 2.45) is 0 Å². The normalized spacial score (nSPS) is 21.7. The molecule has 0 aliphatic heterocycles. The molecular weight excluding hydrogens is 280 g/mol. The Labute approximate surface area is 127 Å². The van der Waals surface area contributed by atoms with Crippen LogP contribution in [0, 0.1) is 0 Å². The monoisotopic (exact) mass is 290 g/mol. The Morgan fingerprint density at radius 2 is 1.29 bits per heavy atom. The molecule has 1 nitrogen and oxygen atoms in total. The van der Waals surface area contributed by atoms with Gasteiger partial charge >= 0.3 is 0 Å². The third-order valence-corrected chi connectivity index (χ3v) is 5.05. The lowest BCUT2D eigenvalue weighted by atomic mass is 9.85. The lowest BCUT2D eigenvalue weighted by molar-refractivity contribution is -0.118. The maximum absolute atomic E-state index is 12.7. The Morgan fingerprint density at radius 1 is 0.714 bits per heavy atom. The van der Waals surface area contributed by atoms with Crippen LogP contribution in [0.2, 0.25) is 5.02 Å². The standard InChI is InChI=1S/C19H11ClO/c20-12-5-6-13-16(9-12)18-15-8-11-4-2-1-3-10(11)7-14(15)17(13)19(18)21/h1-9,17-18H/t17-,18-/m0/s1. The zero-order valence-corrected chi connectivity index (χ0v) is 11.9. The number of carbonyl (C=O) groups excluding carboxylic acids is 1. The highest BCUT2D eigenvalue weighted by Crippen LogP contribution is 2.54. The Kier molecular flexibility index (Phi) is 2.06. The number of halogens is 1. The molecule has 2 aliphatic carbocycles. The zero-order chi connectivity index (χ0) is 14.1. The number of rotatable bonds is 0. The first-order valence-electron chi connectivity index (χ1n) is 7.10. The quantitative estimate of drug-likeness (QED) is 0.589. The average molecular weight is 291 g/mol. The van der Waals surface area contributed by atoms with E-state index in [1.54, 1.807) is 0 Å². The molecule has 3 aromatic rings. The molecule has 0 aromatic heterocycles. The highest BCUT2D eigenvalue weighted by atomic mass is 35.5. The van der Waals surface area contributed by atoms with E-state index in [1.807, 2.05) is 30.3 Å². The summed E-state index contributed by atoms with van der Waals surface area (Å²) in [5, 5.41) is 3.10. The van der Waals surface area contributed by atoms with Gasteiger partial charge in [0, 0.05) is 5.02 Å². The largest absolute Gasteiger partial charge is 0.298 e. The number of fused-ring (bicyclic) bond motifs is 9. The summed E-state index contributed by atoms with van der Waals surface area (Å²) in [6, 6.07) is 18.5. The number of hydrogen-bond acceptors (Lipinski definition) is 1.